The highest BCUT2D eigenvalue weighted by Gasteiger charge is 2.21. The number of hydrogen-bond acceptors (Lipinski definition) is 7. The summed E-state index contributed by atoms with van der Waals surface area (Å²) in [7, 11) is 1.29. The number of rotatable bonds is 6. The van der Waals surface area contributed by atoms with E-state index >= 15 is 0 Å². The first-order valence-electron chi connectivity index (χ1n) is 7.97. The van der Waals surface area contributed by atoms with E-state index in [1.54, 1.807) is 19.2 Å². The minimum Gasteiger partial charge on any atom is -0.490 e. The number of ketones is 1. The van der Waals surface area contributed by atoms with E-state index in [1.807, 2.05) is 0 Å². The number of carbonyl (C=O) groups excluding carboxylic acids is 2. The zero-order valence-corrected chi connectivity index (χ0v) is 14.5. The van der Waals surface area contributed by atoms with E-state index < -0.39 is 16.7 Å². The Hall–Kier alpha value is -3.75. The van der Waals surface area contributed by atoms with Crippen molar-refractivity contribution in [2.75, 3.05) is 13.7 Å². The Morgan fingerprint density at radius 3 is 2.67 bits per heavy atom. The molecule has 0 fully saturated rings. The third-order valence-corrected chi connectivity index (χ3v) is 3.88. The van der Waals surface area contributed by atoms with Crippen molar-refractivity contribution in [3.63, 3.8) is 0 Å². The minimum absolute atomic E-state index is 0.0173. The zero-order chi connectivity index (χ0) is 19.6. The normalized spacial score (nSPS) is 10.6. The Morgan fingerprint density at radius 1 is 1.22 bits per heavy atom. The molecule has 9 heteroatoms. The number of imidazole rings is 1. The highest BCUT2D eigenvalue weighted by molar-refractivity contribution is 6.07. The van der Waals surface area contributed by atoms with Crippen molar-refractivity contribution in [1.29, 1.82) is 0 Å². The van der Waals surface area contributed by atoms with Gasteiger partial charge in [-0.2, -0.15) is 0 Å². The molecule has 0 saturated carbocycles. The first-order valence-corrected chi connectivity index (χ1v) is 7.97. The third kappa shape index (κ3) is 3.34. The molecule has 3 aromatic rings. The van der Waals surface area contributed by atoms with Crippen molar-refractivity contribution >= 4 is 23.0 Å². The first-order chi connectivity index (χ1) is 13.0. The van der Waals surface area contributed by atoms with Gasteiger partial charge < -0.3 is 9.47 Å². The SMILES string of the molecule is CCOC(=O)c1ccn2c(C(=O)c3ccc([N+](=O)[O-])c(OC)c3)ncc2c1. The predicted molar refractivity (Wildman–Crippen MR) is 94.2 cm³/mol. The van der Waals surface area contributed by atoms with Crippen LogP contribution in [0.3, 0.4) is 0 Å². The maximum atomic E-state index is 12.8. The number of aromatic nitrogens is 2. The number of nitro benzene ring substituents is 1. The molecule has 0 aliphatic carbocycles. The third-order valence-electron chi connectivity index (χ3n) is 3.88. The fraction of sp³-hybridized carbons (Fsp3) is 0.167. The lowest BCUT2D eigenvalue weighted by atomic mass is 10.1. The molecule has 9 nitrogen and oxygen atoms in total. The molecule has 0 atom stereocenters. The first kappa shape index (κ1) is 18.1. The molecular formula is C18H15N3O6. The Kier molecular flexibility index (Phi) is 4.84. The van der Waals surface area contributed by atoms with Crippen molar-refractivity contribution < 1.29 is 24.0 Å². The van der Waals surface area contributed by atoms with Gasteiger partial charge in [-0.1, -0.05) is 0 Å². The molecule has 0 unspecified atom stereocenters. The number of pyridine rings is 1. The number of esters is 1. The molecular weight excluding hydrogens is 354 g/mol. The molecule has 0 amide bonds. The lowest BCUT2D eigenvalue weighted by Gasteiger charge is -2.06. The Labute approximate surface area is 153 Å². The van der Waals surface area contributed by atoms with Crippen LogP contribution in [0.15, 0.2) is 42.7 Å². The van der Waals surface area contributed by atoms with Crippen LogP contribution < -0.4 is 4.74 Å². The second-order valence-corrected chi connectivity index (χ2v) is 5.49. The molecule has 0 radical (unpaired) electrons. The van der Waals surface area contributed by atoms with Gasteiger partial charge in [-0.05, 0) is 31.2 Å². The molecule has 0 saturated heterocycles. The average Bonchev–Trinajstić information content (AvgIpc) is 3.10. The van der Waals surface area contributed by atoms with Crippen LogP contribution in [-0.2, 0) is 4.74 Å². The molecule has 138 valence electrons. The van der Waals surface area contributed by atoms with Crippen molar-refractivity contribution in [2.24, 2.45) is 0 Å². The van der Waals surface area contributed by atoms with Gasteiger partial charge in [0.15, 0.2) is 11.6 Å². The summed E-state index contributed by atoms with van der Waals surface area (Å²) in [5.74, 6) is -0.811. The summed E-state index contributed by atoms with van der Waals surface area (Å²) in [6, 6.07) is 6.95. The summed E-state index contributed by atoms with van der Waals surface area (Å²) in [5.41, 5.74) is 0.846. The standard InChI is InChI=1S/C18H15N3O6/c1-3-27-18(23)12-6-7-20-13(8-12)10-19-17(20)16(22)11-4-5-14(21(24)25)15(9-11)26-2/h4-10H,3H2,1-2H3. The summed E-state index contributed by atoms with van der Waals surface area (Å²) >= 11 is 0. The molecule has 0 N–H and O–H groups in total. The van der Waals surface area contributed by atoms with Gasteiger partial charge in [-0.15, -0.1) is 0 Å². The van der Waals surface area contributed by atoms with Gasteiger partial charge in [-0.25, -0.2) is 9.78 Å². The van der Waals surface area contributed by atoms with Crippen molar-refractivity contribution in [1.82, 2.24) is 9.38 Å². The molecule has 0 aliphatic heterocycles. The van der Waals surface area contributed by atoms with Crippen LogP contribution in [0.25, 0.3) is 5.52 Å². The van der Waals surface area contributed by atoms with Crippen LogP contribution in [-0.4, -0.2) is 39.8 Å². The lowest BCUT2D eigenvalue weighted by Crippen LogP contribution is -2.09. The molecule has 1 aromatic carbocycles. The van der Waals surface area contributed by atoms with E-state index in [9.17, 15) is 19.7 Å². The summed E-state index contributed by atoms with van der Waals surface area (Å²) in [6.07, 6.45) is 3.00. The largest absolute Gasteiger partial charge is 0.490 e. The second kappa shape index (κ2) is 7.24. The molecule has 2 aromatic heterocycles. The topological polar surface area (TPSA) is 113 Å². The molecule has 2 heterocycles. The maximum absolute atomic E-state index is 12.8. The monoisotopic (exact) mass is 369 g/mol. The summed E-state index contributed by atoms with van der Waals surface area (Å²) in [4.78, 5) is 39.1. The number of benzene rings is 1. The lowest BCUT2D eigenvalue weighted by molar-refractivity contribution is -0.385. The zero-order valence-electron chi connectivity index (χ0n) is 14.5. The van der Waals surface area contributed by atoms with Crippen molar-refractivity contribution in [3.8, 4) is 5.75 Å². The van der Waals surface area contributed by atoms with Crippen molar-refractivity contribution in [3.05, 3.63) is 69.8 Å². The van der Waals surface area contributed by atoms with Gasteiger partial charge >= 0.3 is 11.7 Å². The highest BCUT2D eigenvalue weighted by Crippen LogP contribution is 2.28. The number of fused-ring (bicyclic) bond motifs is 1. The van der Waals surface area contributed by atoms with Crippen LogP contribution in [0.4, 0.5) is 5.69 Å². The number of carbonyl (C=O) groups is 2. The minimum atomic E-state index is -0.588. The van der Waals surface area contributed by atoms with Gasteiger partial charge in [0.05, 0.1) is 35.9 Å². The highest BCUT2D eigenvalue weighted by atomic mass is 16.6. The quantitative estimate of drug-likeness (QED) is 0.284. The van der Waals surface area contributed by atoms with E-state index in [0.29, 0.717) is 11.1 Å². The summed E-state index contributed by atoms with van der Waals surface area (Å²) in [5, 5.41) is 11.0. The molecule has 0 bridgehead atoms. The van der Waals surface area contributed by atoms with E-state index in [1.165, 1.54) is 42.0 Å². The van der Waals surface area contributed by atoms with Gasteiger partial charge in [0, 0.05) is 17.8 Å². The molecule has 27 heavy (non-hydrogen) atoms. The Morgan fingerprint density at radius 2 is 2.00 bits per heavy atom. The summed E-state index contributed by atoms with van der Waals surface area (Å²) < 4.78 is 11.5. The molecule has 0 aliphatic rings. The van der Waals surface area contributed by atoms with Crippen LogP contribution in [0, 0.1) is 10.1 Å². The Balaban J connectivity index is 1.99. The number of hydrogen-bond donors (Lipinski definition) is 0. The van der Waals surface area contributed by atoms with Gasteiger partial charge in [0.25, 0.3) is 0 Å². The molecule has 0 spiro atoms. The average molecular weight is 369 g/mol. The van der Waals surface area contributed by atoms with E-state index in [2.05, 4.69) is 4.98 Å². The van der Waals surface area contributed by atoms with Crippen LogP contribution >= 0.6 is 0 Å². The van der Waals surface area contributed by atoms with Gasteiger partial charge in [-0.3, -0.25) is 19.3 Å². The predicted octanol–water partition coefficient (Wildman–Crippen LogP) is 2.66. The van der Waals surface area contributed by atoms with Crippen LogP contribution in [0.1, 0.15) is 33.5 Å². The van der Waals surface area contributed by atoms with E-state index in [-0.39, 0.29) is 29.4 Å². The number of nitro groups is 1. The number of methoxy groups -OCH3 is 1. The molecule has 3 rings (SSSR count). The fourth-order valence-electron chi connectivity index (χ4n) is 2.61. The van der Waals surface area contributed by atoms with Gasteiger partial charge in [0.2, 0.25) is 5.78 Å². The van der Waals surface area contributed by atoms with E-state index in [4.69, 9.17) is 9.47 Å². The smallest absolute Gasteiger partial charge is 0.338 e. The van der Waals surface area contributed by atoms with Crippen LogP contribution in [0.2, 0.25) is 0 Å². The number of ether oxygens (including phenoxy) is 2. The fourth-order valence-corrected chi connectivity index (χ4v) is 2.61. The van der Waals surface area contributed by atoms with Gasteiger partial charge in [0.1, 0.15) is 0 Å². The van der Waals surface area contributed by atoms with E-state index in [0.717, 1.165) is 0 Å². The summed E-state index contributed by atoms with van der Waals surface area (Å²) in [6.45, 7) is 1.97. The maximum Gasteiger partial charge on any atom is 0.338 e. The second-order valence-electron chi connectivity index (χ2n) is 5.49. The number of nitrogens with zero attached hydrogens (tertiary/aromatic N) is 3. The Bertz CT molecular complexity index is 1060. The van der Waals surface area contributed by atoms with Crippen LogP contribution in [0.5, 0.6) is 5.75 Å². The van der Waals surface area contributed by atoms with Crippen molar-refractivity contribution in [2.45, 2.75) is 6.92 Å².